The molecule has 37 heavy (non-hydrogen) atoms. The Labute approximate surface area is 228 Å². The van der Waals surface area contributed by atoms with Crippen LogP contribution in [0.5, 0.6) is 0 Å². The maximum absolute atomic E-state index is 12.9. The predicted octanol–water partition coefficient (Wildman–Crippen LogP) is 5.76. The summed E-state index contributed by atoms with van der Waals surface area (Å²) in [7, 11) is 1.82. The Morgan fingerprint density at radius 2 is 1.78 bits per heavy atom. The normalized spacial score (nSPS) is 11.9. The van der Waals surface area contributed by atoms with Crippen molar-refractivity contribution < 1.29 is 9.59 Å². The van der Waals surface area contributed by atoms with Crippen molar-refractivity contribution in [2.24, 2.45) is 13.0 Å². The molecule has 0 saturated heterocycles. The van der Waals surface area contributed by atoms with Crippen molar-refractivity contribution >= 4 is 51.6 Å². The maximum Gasteiger partial charge on any atom is 0.253 e. The number of thiazole rings is 1. The van der Waals surface area contributed by atoms with E-state index >= 15 is 0 Å². The van der Waals surface area contributed by atoms with Crippen LogP contribution in [0.2, 0.25) is 5.02 Å². The van der Waals surface area contributed by atoms with Crippen LogP contribution in [0.4, 0.5) is 5.13 Å². The lowest BCUT2D eigenvalue weighted by Gasteiger charge is -2.22. The van der Waals surface area contributed by atoms with Crippen LogP contribution in [0, 0.1) is 12.8 Å². The fourth-order valence-electron chi connectivity index (χ4n) is 3.72. The highest BCUT2D eigenvalue weighted by molar-refractivity contribution is 7.99. The first-order valence-electron chi connectivity index (χ1n) is 11.6. The molecule has 2 aromatic carbocycles. The Kier molecular flexibility index (Phi) is 8.63. The van der Waals surface area contributed by atoms with Gasteiger partial charge < -0.3 is 15.2 Å². The van der Waals surface area contributed by atoms with Gasteiger partial charge >= 0.3 is 0 Å². The van der Waals surface area contributed by atoms with Crippen molar-refractivity contribution in [1.29, 1.82) is 0 Å². The number of carbonyl (C=O) groups is 2. The second-order valence-electron chi connectivity index (χ2n) is 8.70. The summed E-state index contributed by atoms with van der Waals surface area (Å²) in [5, 5.41) is 16.0. The zero-order chi connectivity index (χ0) is 26.5. The number of anilines is 1. The number of nitrogens with one attached hydrogen (secondary N) is 2. The first-order valence-corrected chi connectivity index (χ1v) is 13.8. The topological polar surface area (TPSA) is 102 Å². The Hall–Kier alpha value is -3.21. The zero-order valence-electron chi connectivity index (χ0n) is 20.9. The van der Waals surface area contributed by atoms with E-state index in [9.17, 15) is 9.59 Å². The molecule has 0 fully saturated rings. The molecule has 0 aliphatic heterocycles. The van der Waals surface area contributed by atoms with Crippen LogP contribution < -0.4 is 10.6 Å². The third-order valence-electron chi connectivity index (χ3n) is 5.64. The molecule has 1 atom stereocenters. The van der Waals surface area contributed by atoms with Gasteiger partial charge in [0.25, 0.3) is 5.91 Å². The van der Waals surface area contributed by atoms with Gasteiger partial charge in [0.1, 0.15) is 0 Å². The van der Waals surface area contributed by atoms with Gasteiger partial charge in [-0.2, -0.15) is 0 Å². The van der Waals surface area contributed by atoms with E-state index in [2.05, 4.69) is 25.8 Å². The van der Waals surface area contributed by atoms with Gasteiger partial charge in [0.05, 0.1) is 28.1 Å². The minimum atomic E-state index is -0.390. The van der Waals surface area contributed by atoms with Crippen LogP contribution in [-0.2, 0) is 11.8 Å². The average molecular weight is 555 g/mol. The molecule has 192 valence electrons. The van der Waals surface area contributed by atoms with E-state index < -0.39 is 0 Å². The third-order valence-corrected chi connectivity index (χ3v) is 7.88. The summed E-state index contributed by atoms with van der Waals surface area (Å²) in [6.07, 6.45) is 0. The molecule has 0 radical (unpaired) electrons. The molecule has 4 aromatic rings. The summed E-state index contributed by atoms with van der Waals surface area (Å²) in [5.74, 6) is 0.317. The fraction of sp³-hybridized carbons (Fsp3) is 0.269. The molecule has 0 aliphatic carbocycles. The number of carbonyl (C=O) groups excluding carboxylic acids is 2. The maximum atomic E-state index is 12.9. The number of thioether (sulfide) groups is 1. The van der Waals surface area contributed by atoms with E-state index in [0.29, 0.717) is 26.7 Å². The second-order valence-corrected chi connectivity index (χ2v) is 11.3. The molecule has 2 aromatic heterocycles. The van der Waals surface area contributed by atoms with Gasteiger partial charge in [-0.25, -0.2) is 4.98 Å². The van der Waals surface area contributed by atoms with Crippen LogP contribution in [0.1, 0.15) is 40.9 Å². The lowest BCUT2D eigenvalue weighted by Crippen LogP contribution is -2.33. The van der Waals surface area contributed by atoms with Crippen molar-refractivity contribution in [3.05, 3.63) is 75.9 Å². The summed E-state index contributed by atoms with van der Waals surface area (Å²) >= 11 is 8.91. The molecule has 2 heterocycles. The lowest BCUT2D eigenvalue weighted by atomic mass is 10.0. The van der Waals surface area contributed by atoms with Gasteiger partial charge in [-0.3, -0.25) is 9.59 Å². The predicted molar refractivity (Wildman–Crippen MR) is 149 cm³/mol. The molecule has 2 N–H and O–H groups in total. The van der Waals surface area contributed by atoms with Crippen molar-refractivity contribution in [2.75, 3.05) is 11.1 Å². The van der Waals surface area contributed by atoms with Gasteiger partial charge in [0.2, 0.25) is 5.91 Å². The van der Waals surface area contributed by atoms with E-state index in [-0.39, 0.29) is 29.5 Å². The molecule has 0 bridgehead atoms. The number of halogens is 1. The summed E-state index contributed by atoms with van der Waals surface area (Å²) < 4.78 is 1.80. The Morgan fingerprint density at radius 3 is 2.49 bits per heavy atom. The first kappa shape index (κ1) is 26.8. The van der Waals surface area contributed by atoms with Gasteiger partial charge in [-0.05, 0) is 25.0 Å². The van der Waals surface area contributed by atoms with Crippen molar-refractivity contribution in [3.63, 3.8) is 0 Å². The number of amides is 2. The summed E-state index contributed by atoms with van der Waals surface area (Å²) in [6, 6.07) is 16.4. The molecule has 0 saturated carbocycles. The number of rotatable bonds is 9. The summed E-state index contributed by atoms with van der Waals surface area (Å²) in [6.45, 7) is 5.97. The number of hydrogen-bond acceptors (Lipinski definition) is 7. The number of hydrogen-bond donors (Lipinski definition) is 2. The Morgan fingerprint density at radius 1 is 1.08 bits per heavy atom. The standard InChI is InChI=1S/C26H27ClN6O2S2/c1-15(2)21(29-24(35)18-12-8-9-13-19(18)27)23-31-32-26(33(23)4)36-14-20(34)28-25-30-22(16(3)37-25)17-10-6-5-7-11-17/h5-13,15,21H,14H2,1-4H3,(H,29,35)(H,28,30,34)/t21-/m0/s1. The molecule has 0 aliphatic rings. The highest BCUT2D eigenvalue weighted by atomic mass is 35.5. The SMILES string of the molecule is Cc1sc(NC(=O)CSc2nnc([C@@H](NC(=O)c3ccccc3Cl)C(C)C)n2C)nc1-c1ccccc1. The minimum absolute atomic E-state index is 0.0439. The van der Waals surface area contributed by atoms with Crippen LogP contribution >= 0.6 is 34.7 Å². The smallest absolute Gasteiger partial charge is 0.253 e. The van der Waals surface area contributed by atoms with Crippen LogP contribution in [0.25, 0.3) is 11.3 Å². The van der Waals surface area contributed by atoms with Gasteiger partial charge in [-0.15, -0.1) is 21.5 Å². The molecular formula is C26H27ClN6O2S2. The number of benzene rings is 2. The van der Waals surface area contributed by atoms with E-state index in [4.69, 9.17) is 11.6 Å². The average Bonchev–Trinajstić information content (AvgIpc) is 3.43. The summed E-state index contributed by atoms with van der Waals surface area (Å²) in [4.78, 5) is 31.1. The molecular weight excluding hydrogens is 528 g/mol. The molecule has 2 amide bonds. The quantitative estimate of drug-likeness (QED) is 0.255. The van der Waals surface area contributed by atoms with E-state index in [0.717, 1.165) is 16.1 Å². The number of nitrogens with zero attached hydrogens (tertiary/aromatic N) is 4. The van der Waals surface area contributed by atoms with Crippen molar-refractivity contribution in [2.45, 2.75) is 32.0 Å². The van der Waals surface area contributed by atoms with Crippen molar-refractivity contribution in [1.82, 2.24) is 25.1 Å². The minimum Gasteiger partial charge on any atom is -0.342 e. The van der Waals surface area contributed by atoms with E-state index in [1.165, 1.54) is 23.1 Å². The first-order chi connectivity index (χ1) is 17.7. The molecule has 4 rings (SSSR count). The molecule has 0 spiro atoms. The van der Waals surface area contributed by atoms with Gasteiger partial charge in [-0.1, -0.05) is 79.7 Å². The van der Waals surface area contributed by atoms with Crippen LogP contribution in [-0.4, -0.2) is 37.3 Å². The van der Waals surface area contributed by atoms with Crippen LogP contribution in [0.3, 0.4) is 0 Å². The van der Waals surface area contributed by atoms with E-state index in [1.54, 1.807) is 28.8 Å². The van der Waals surface area contributed by atoms with Gasteiger partial charge in [0, 0.05) is 17.5 Å². The number of aryl methyl sites for hydroxylation is 1. The highest BCUT2D eigenvalue weighted by Crippen LogP contribution is 2.30. The third kappa shape index (κ3) is 6.38. The fourth-order valence-corrected chi connectivity index (χ4v) is 5.51. The summed E-state index contributed by atoms with van der Waals surface area (Å²) in [5.41, 5.74) is 2.28. The van der Waals surface area contributed by atoms with Crippen molar-refractivity contribution in [3.8, 4) is 11.3 Å². The Balaban J connectivity index is 1.40. The van der Waals surface area contributed by atoms with Gasteiger partial charge in [0.15, 0.2) is 16.1 Å². The lowest BCUT2D eigenvalue weighted by molar-refractivity contribution is -0.113. The largest absolute Gasteiger partial charge is 0.342 e. The second kappa shape index (κ2) is 11.9. The van der Waals surface area contributed by atoms with Crippen LogP contribution in [0.15, 0.2) is 59.8 Å². The molecule has 0 unspecified atom stereocenters. The molecule has 11 heteroatoms. The monoisotopic (exact) mass is 554 g/mol. The molecule has 8 nitrogen and oxygen atoms in total. The number of aromatic nitrogens is 4. The zero-order valence-corrected chi connectivity index (χ0v) is 23.2. The highest BCUT2D eigenvalue weighted by Gasteiger charge is 2.26. The Bertz CT molecular complexity index is 1400. The van der Waals surface area contributed by atoms with E-state index in [1.807, 2.05) is 58.2 Å².